The first-order valence-corrected chi connectivity index (χ1v) is 5.44. The number of aromatic nitrogens is 2. The van der Waals surface area contributed by atoms with Crippen LogP contribution in [-0.2, 0) is 0 Å². The van der Waals surface area contributed by atoms with Crippen molar-refractivity contribution >= 4 is 33.0 Å². The molecule has 2 heterocycles. The van der Waals surface area contributed by atoms with Crippen molar-refractivity contribution in [3.63, 3.8) is 0 Å². The van der Waals surface area contributed by atoms with Crippen molar-refractivity contribution in [1.82, 2.24) is 9.97 Å². The fourth-order valence-corrected chi connectivity index (χ4v) is 2.18. The maximum absolute atomic E-state index is 5.69. The van der Waals surface area contributed by atoms with Gasteiger partial charge in [0, 0.05) is 17.8 Å². The molecule has 0 aliphatic carbocycles. The SMILES string of the molecule is c1ccc2cc3c(cc2c1)oc1nccnc13. The van der Waals surface area contributed by atoms with E-state index >= 15 is 0 Å². The Hall–Kier alpha value is -2.42. The van der Waals surface area contributed by atoms with Gasteiger partial charge >= 0.3 is 0 Å². The lowest BCUT2D eigenvalue weighted by atomic mass is 10.1. The third kappa shape index (κ3) is 1.16. The topological polar surface area (TPSA) is 38.9 Å². The van der Waals surface area contributed by atoms with Gasteiger partial charge in [0.25, 0.3) is 0 Å². The normalized spacial score (nSPS) is 11.5. The van der Waals surface area contributed by atoms with Crippen molar-refractivity contribution in [2.75, 3.05) is 0 Å². The Labute approximate surface area is 96.7 Å². The summed E-state index contributed by atoms with van der Waals surface area (Å²) in [5, 5.41) is 3.37. The van der Waals surface area contributed by atoms with Crippen molar-refractivity contribution in [3.05, 3.63) is 48.8 Å². The second-order valence-electron chi connectivity index (χ2n) is 4.01. The van der Waals surface area contributed by atoms with Gasteiger partial charge in [-0.1, -0.05) is 24.3 Å². The van der Waals surface area contributed by atoms with Crippen molar-refractivity contribution < 1.29 is 4.42 Å². The Kier molecular flexibility index (Phi) is 1.56. The highest BCUT2D eigenvalue weighted by Gasteiger charge is 2.09. The van der Waals surface area contributed by atoms with Gasteiger partial charge in [-0.15, -0.1) is 0 Å². The third-order valence-corrected chi connectivity index (χ3v) is 2.97. The highest BCUT2D eigenvalue weighted by molar-refractivity contribution is 6.07. The van der Waals surface area contributed by atoms with E-state index in [-0.39, 0.29) is 0 Å². The summed E-state index contributed by atoms with van der Waals surface area (Å²) in [4.78, 5) is 8.50. The molecule has 2 aromatic carbocycles. The first kappa shape index (κ1) is 8.70. The van der Waals surface area contributed by atoms with E-state index in [9.17, 15) is 0 Å². The molecule has 0 fully saturated rings. The minimum Gasteiger partial charge on any atom is -0.436 e. The van der Waals surface area contributed by atoms with Gasteiger partial charge in [0.15, 0.2) is 0 Å². The molecular weight excluding hydrogens is 212 g/mol. The van der Waals surface area contributed by atoms with E-state index in [1.165, 1.54) is 10.8 Å². The van der Waals surface area contributed by atoms with Crippen LogP contribution in [0.25, 0.3) is 33.0 Å². The van der Waals surface area contributed by atoms with E-state index in [4.69, 9.17) is 4.42 Å². The molecule has 4 aromatic rings. The molecule has 0 radical (unpaired) electrons. The van der Waals surface area contributed by atoms with Gasteiger partial charge in [-0.25, -0.2) is 9.97 Å². The molecule has 0 atom stereocenters. The van der Waals surface area contributed by atoms with Crippen LogP contribution in [0.2, 0.25) is 0 Å². The first-order chi connectivity index (χ1) is 8.42. The summed E-state index contributed by atoms with van der Waals surface area (Å²) in [6.07, 6.45) is 3.33. The van der Waals surface area contributed by atoms with Gasteiger partial charge in [-0.3, -0.25) is 0 Å². The molecule has 0 unspecified atom stereocenters. The van der Waals surface area contributed by atoms with Gasteiger partial charge in [-0.05, 0) is 22.9 Å². The van der Waals surface area contributed by atoms with Crippen molar-refractivity contribution in [2.45, 2.75) is 0 Å². The van der Waals surface area contributed by atoms with Gasteiger partial charge < -0.3 is 4.42 Å². The molecule has 3 nitrogen and oxygen atoms in total. The van der Waals surface area contributed by atoms with Crippen LogP contribution in [0.5, 0.6) is 0 Å². The summed E-state index contributed by atoms with van der Waals surface area (Å²) < 4.78 is 5.69. The first-order valence-electron chi connectivity index (χ1n) is 5.44. The van der Waals surface area contributed by atoms with E-state index in [0.29, 0.717) is 5.71 Å². The Balaban J connectivity index is 2.28. The number of hydrogen-bond donors (Lipinski definition) is 0. The van der Waals surface area contributed by atoms with Crippen LogP contribution in [0.1, 0.15) is 0 Å². The standard InChI is InChI=1S/C14H8N2O/c1-2-4-10-8-12-11(7-9(10)3-1)13-14(17-12)16-6-5-15-13/h1-8H. The van der Waals surface area contributed by atoms with Crippen molar-refractivity contribution in [2.24, 2.45) is 0 Å². The summed E-state index contributed by atoms with van der Waals surface area (Å²) in [7, 11) is 0. The summed E-state index contributed by atoms with van der Waals surface area (Å²) >= 11 is 0. The average molecular weight is 220 g/mol. The largest absolute Gasteiger partial charge is 0.436 e. The van der Waals surface area contributed by atoms with E-state index in [1.807, 2.05) is 18.2 Å². The molecule has 3 heteroatoms. The molecule has 0 amide bonds. The number of fused-ring (bicyclic) bond motifs is 4. The molecular formula is C14H8N2O. The average Bonchev–Trinajstić information content (AvgIpc) is 2.73. The summed E-state index contributed by atoms with van der Waals surface area (Å²) in [6, 6.07) is 12.3. The Morgan fingerprint density at radius 2 is 1.65 bits per heavy atom. The molecule has 0 bridgehead atoms. The minimum absolute atomic E-state index is 0.595. The zero-order valence-electron chi connectivity index (χ0n) is 8.92. The fraction of sp³-hybridized carbons (Fsp3) is 0. The van der Waals surface area contributed by atoms with Gasteiger partial charge in [0.05, 0.1) is 0 Å². The molecule has 4 rings (SSSR count). The Bertz CT molecular complexity index is 842. The van der Waals surface area contributed by atoms with E-state index in [1.54, 1.807) is 12.4 Å². The maximum atomic E-state index is 5.69. The smallest absolute Gasteiger partial charge is 0.246 e. The highest BCUT2D eigenvalue weighted by atomic mass is 16.3. The van der Waals surface area contributed by atoms with Crippen LogP contribution in [0.4, 0.5) is 0 Å². The van der Waals surface area contributed by atoms with Crippen molar-refractivity contribution in [3.8, 4) is 0 Å². The molecule has 0 aliphatic rings. The Morgan fingerprint density at radius 3 is 2.53 bits per heavy atom. The molecule has 0 aliphatic heterocycles. The molecule has 0 N–H and O–H groups in total. The lowest BCUT2D eigenvalue weighted by molar-refractivity contribution is 0.653. The quantitative estimate of drug-likeness (QED) is 0.455. The molecule has 0 spiro atoms. The number of nitrogens with zero attached hydrogens (tertiary/aromatic N) is 2. The van der Waals surface area contributed by atoms with Gasteiger partial charge in [0.2, 0.25) is 5.71 Å². The Morgan fingerprint density at radius 1 is 0.882 bits per heavy atom. The lowest BCUT2D eigenvalue weighted by Crippen LogP contribution is -1.76. The van der Waals surface area contributed by atoms with E-state index in [2.05, 4.69) is 28.2 Å². The van der Waals surface area contributed by atoms with Crippen LogP contribution < -0.4 is 0 Å². The summed E-state index contributed by atoms with van der Waals surface area (Å²) in [5.41, 5.74) is 2.26. The van der Waals surface area contributed by atoms with E-state index in [0.717, 1.165) is 16.5 Å². The third-order valence-electron chi connectivity index (χ3n) is 2.97. The highest BCUT2D eigenvalue weighted by Crippen LogP contribution is 2.29. The lowest BCUT2D eigenvalue weighted by Gasteiger charge is -1.96. The van der Waals surface area contributed by atoms with Crippen LogP contribution in [-0.4, -0.2) is 9.97 Å². The monoisotopic (exact) mass is 220 g/mol. The predicted octanol–water partition coefficient (Wildman–Crippen LogP) is 3.53. The van der Waals surface area contributed by atoms with Crippen molar-refractivity contribution in [1.29, 1.82) is 0 Å². The number of rotatable bonds is 0. The second-order valence-corrected chi connectivity index (χ2v) is 4.01. The van der Waals surface area contributed by atoms with Crippen LogP contribution >= 0.6 is 0 Å². The number of hydrogen-bond acceptors (Lipinski definition) is 3. The molecule has 0 saturated heterocycles. The zero-order chi connectivity index (χ0) is 11.2. The minimum atomic E-state index is 0.595. The second kappa shape index (κ2) is 3.04. The van der Waals surface area contributed by atoms with Crippen LogP contribution in [0.15, 0.2) is 53.2 Å². The number of furan rings is 1. The van der Waals surface area contributed by atoms with Gasteiger partial charge in [-0.2, -0.15) is 0 Å². The molecule has 17 heavy (non-hydrogen) atoms. The molecule has 2 aromatic heterocycles. The predicted molar refractivity (Wildman–Crippen MR) is 66.8 cm³/mol. The van der Waals surface area contributed by atoms with Crippen LogP contribution in [0, 0.1) is 0 Å². The van der Waals surface area contributed by atoms with Gasteiger partial charge in [0.1, 0.15) is 11.1 Å². The van der Waals surface area contributed by atoms with E-state index < -0.39 is 0 Å². The zero-order valence-corrected chi connectivity index (χ0v) is 8.92. The number of benzene rings is 2. The summed E-state index contributed by atoms with van der Waals surface area (Å²) in [6.45, 7) is 0. The molecule has 80 valence electrons. The van der Waals surface area contributed by atoms with Crippen LogP contribution in [0.3, 0.4) is 0 Å². The summed E-state index contributed by atoms with van der Waals surface area (Å²) in [5.74, 6) is 0. The fourth-order valence-electron chi connectivity index (χ4n) is 2.18. The maximum Gasteiger partial charge on any atom is 0.246 e. The molecule has 0 saturated carbocycles.